The molecule has 0 spiro atoms. The summed E-state index contributed by atoms with van der Waals surface area (Å²) in [7, 11) is 0. The number of rotatable bonds is 8. The Morgan fingerprint density at radius 2 is 1.65 bits per heavy atom. The average molecular weight is 431 g/mol. The lowest BCUT2D eigenvalue weighted by atomic mass is 10.2. The topological polar surface area (TPSA) is 82.2 Å². The first kappa shape index (κ1) is 20.6. The number of carbonyl (C=O) groups is 1. The fourth-order valence-corrected chi connectivity index (χ4v) is 3.63. The summed E-state index contributed by atoms with van der Waals surface area (Å²) in [5.41, 5.74) is 3.56. The van der Waals surface area contributed by atoms with Crippen LogP contribution >= 0.6 is 11.8 Å². The molecule has 4 rings (SSSR count). The summed E-state index contributed by atoms with van der Waals surface area (Å²) >= 11 is 1.29. The van der Waals surface area contributed by atoms with Crippen LogP contribution in [0.15, 0.2) is 96.3 Å². The van der Waals surface area contributed by atoms with E-state index in [0.717, 1.165) is 22.6 Å². The Bertz CT molecular complexity index is 1130. The first-order valence-electron chi connectivity index (χ1n) is 9.77. The van der Waals surface area contributed by atoms with Gasteiger partial charge in [-0.3, -0.25) is 4.79 Å². The molecule has 7 heteroatoms. The molecule has 0 aliphatic carbocycles. The molecule has 31 heavy (non-hydrogen) atoms. The van der Waals surface area contributed by atoms with Crippen molar-refractivity contribution in [1.29, 1.82) is 0 Å². The predicted molar refractivity (Wildman–Crippen MR) is 124 cm³/mol. The van der Waals surface area contributed by atoms with E-state index in [0.29, 0.717) is 17.5 Å². The fraction of sp³-hybridized carbons (Fsp3) is 0.0833. The highest BCUT2D eigenvalue weighted by atomic mass is 32.2. The standard InChI is InChI=1S/C24H22N4O2S/c25-28-15-22(19-9-5-2-6-10-19)27-24(28)31-17-23(29)26-20-11-13-21(14-12-20)30-16-18-7-3-1-4-8-18/h1-15H,16-17,25H2,(H,26,29). The van der Waals surface area contributed by atoms with Crippen molar-refractivity contribution >= 4 is 23.4 Å². The van der Waals surface area contributed by atoms with Gasteiger partial charge in [-0.15, -0.1) is 0 Å². The van der Waals surface area contributed by atoms with Crippen LogP contribution in [0.2, 0.25) is 0 Å². The molecule has 0 bridgehead atoms. The molecule has 156 valence electrons. The van der Waals surface area contributed by atoms with Crippen molar-refractivity contribution in [2.45, 2.75) is 11.8 Å². The maximum absolute atomic E-state index is 12.3. The van der Waals surface area contributed by atoms with E-state index in [4.69, 9.17) is 10.6 Å². The average Bonchev–Trinajstić information content (AvgIpc) is 3.19. The molecular weight excluding hydrogens is 408 g/mol. The maximum atomic E-state index is 12.3. The molecule has 0 unspecified atom stereocenters. The van der Waals surface area contributed by atoms with Gasteiger partial charge in [0.05, 0.1) is 17.6 Å². The van der Waals surface area contributed by atoms with Gasteiger partial charge in [0.15, 0.2) is 5.16 Å². The van der Waals surface area contributed by atoms with Crippen LogP contribution in [0.5, 0.6) is 5.75 Å². The van der Waals surface area contributed by atoms with Gasteiger partial charge in [-0.2, -0.15) is 0 Å². The van der Waals surface area contributed by atoms with Crippen LogP contribution in [-0.2, 0) is 11.4 Å². The summed E-state index contributed by atoms with van der Waals surface area (Å²) < 4.78 is 7.21. The Kier molecular flexibility index (Phi) is 6.54. The van der Waals surface area contributed by atoms with Gasteiger partial charge >= 0.3 is 0 Å². The first-order valence-corrected chi connectivity index (χ1v) is 10.8. The number of nitrogen functional groups attached to an aromatic ring is 1. The van der Waals surface area contributed by atoms with Crippen LogP contribution < -0.4 is 15.9 Å². The van der Waals surface area contributed by atoms with Crippen molar-refractivity contribution < 1.29 is 9.53 Å². The molecule has 1 aromatic heterocycles. The number of nitrogens with zero attached hydrogens (tertiary/aromatic N) is 2. The minimum absolute atomic E-state index is 0.132. The quantitative estimate of drug-likeness (QED) is 0.316. The third kappa shape index (κ3) is 5.67. The van der Waals surface area contributed by atoms with E-state index in [-0.39, 0.29) is 11.7 Å². The number of nitrogens with one attached hydrogen (secondary N) is 1. The number of imidazole rings is 1. The normalized spacial score (nSPS) is 10.6. The van der Waals surface area contributed by atoms with Crippen LogP contribution in [0.1, 0.15) is 5.56 Å². The lowest BCUT2D eigenvalue weighted by Crippen LogP contribution is -2.15. The molecule has 1 heterocycles. The second-order valence-electron chi connectivity index (χ2n) is 6.82. The lowest BCUT2D eigenvalue weighted by molar-refractivity contribution is -0.113. The Hall–Kier alpha value is -3.71. The van der Waals surface area contributed by atoms with Gasteiger partial charge < -0.3 is 15.9 Å². The number of benzene rings is 3. The summed E-state index contributed by atoms with van der Waals surface area (Å²) in [5.74, 6) is 6.81. The smallest absolute Gasteiger partial charge is 0.234 e. The van der Waals surface area contributed by atoms with Gasteiger partial charge in [0, 0.05) is 11.3 Å². The number of anilines is 1. The minimum Gasteiger partial charge on any atom is -0.489 e. The molecule has 0 saturated carbocycles. The first-order chi connectivity index (χ1) is 15.2. The number of ether oxygens (including phenoxy) is 1. The van der Waals surface area contributed by atoms with Crippen molar-refractivity contribution in [2.75, 3.05) is 16.9 Å². The third-order valence-electron chi connectivity index (χ3n) is 4.49. The van der Waals surface area contributed by atoms with Crippen molar-refractivity contribution in [3.05, 3.63) is 96.7 Å². The van der Waals surface area contributed by atoms with Crippen molar-refractivity contribution in [3.8, 4) is 17.0 Å². The van der Waals surface area contributed by atoms with E-state index in [2.05, 4.69) is 10.3 Å². The van der Waals surface area contributed by atoms with Crippen LogP contribution in [0.25, 0.3) is 11.3 Å². The molecular formula is C24H22N4O2S. The molecule has 0 fully saturated rings. The van der Waals surface area contributed by atoms with Gasteiger partial charge in [0.1, 0.15) is 12.4 Å². The molecule has 3 N–H and O–H groups in total. The van der Waals surface area contributed by atoms with Crippen molar-refractivity contribution in [1.82, 2.24) is 9.66 Å². The number of hydrogen-bond donors (Lipinski definition) is 2. The SMILES string of the molecule is Nn1cc(-c2ccccc2)nc1SCC(=O)Nc1ccc(OCc2ccccc2)cc1. The monoisotopic (exact) mass is 430 g/mol. The van der Waals surface area contributed by atoms with Crippen LogP contribution in [0, 0.1) is 0 Å². The van der Waals surface area contributed by atoms with Crippen LogP contribution in [0.3, 0.4) is 0 Å². The fourth-order valence-electron chi connectivity index (χ4n) is 2.93. The van der Waals surface area contributed by atoms with Gasteiger partial charge in [0.2, 0.25) is 5.91 Å². The van der Waals surface area contributed by atoms with Crippen LogP contribution in [-0.4, -0.2) is 21.3 Å². The highest BCUT2D eigenvalue weighted by molar-refractivity contribution is 7.99. The van der Waals surface area contributed by atoms with Crippen LogP contribution in [0.4, 0.5) is 5.69 Å². The molecule has 0 saturated heterocycles. The summed E-state index contributed by atoms with van der Waals surface area (Å²) in [6, 6.07) is 27.1. The molecule has 1 amide bonds. The van der Waals surface area contributed by atoms with Gasteiger partial charge in [-0.05, 0) is 29.8 Å². The van der Waals surface area contributed by atoms with Crippen molar-refractivity contribution in [2.24, 2.45) is 0 Å². The third-order valence-corrected chi connectivity index (χ3v) is 5.45. The van der Waals surface area contributed by atoms with Gasteiger partial charge in [0.25, 0.3) is 0 Å². The number of thioether (sulfide) groups is 1. The summed E-state index contributed by atoms with van der Waals surface area (Å²) in [5, 5.41) is 3.46. The minimum atomic E-state index is -0.132. The second kappa shape index (κ2) is 9.86. The largest absolute Gasteiger partial charge is 0.489 e. The lowest BCUT2D eigenvalue weighted by Gasteiger charge is -2.08. The number of nitrogens with two attached hydrogens (primary N) is 1. The number of aromatic nitrogens is 2. The Labute approximate surface area is 185 Å². The molecule has 0 aliphatic heterocycles. The Morgan fingerprint density at radius 3 is 2.35 bits per heavy atom. The van der Waals surface area contributed by atoms with E-state index in [1.807, 2.05) is 84.9 Å². The summed E-state index contributed by atoms with van der Waals surface area (Å²) in [4.78, 5) is 16.8. The number of hydrogen-bond acceptors (Lipinski definition) is 5. The molecule has 4 aromatic rings. The summed E-state index contributed by atoms with van der Waals surface area (Å²) in [6.45, 7) is 0.500. The Morgan fingerprint density at radius 1 is 0.968 bits per heavy atom. The summed E-state index contributed by atoms with van der Waals surface area (Å²) in [6.07, 6.45) is 1.75. The van der Waals surface area contributed by atoms with E-state index in [9.17, 15) is 4.79 Å². The molecule has 3 aromatic carbocycles. The van der Waals surface area contributed by atoms with Gasteiger partial charge in [-0.25, -0.2) is 9.66 Å². The van der Waals surface area contributed by atoms with E-state index in [1.54, 1.807) is 6.20 Å². The molecule has 0 aliphatic rings. The van der Waals surface area contributed by atoms with Gasteiger partial charge in [-0.1, -0.05) is 72.4 Å². The van der Waals surface area contributed by atoms with E-state index >= 15 is 0 Å². The zero-order valence-electron chi connectivity index (χ0n) is 16.8. The Balaban J connectivity index is 1.28. The van der Waals surface area contributed by atoms with E-state index in [1.165, 1.54) is 16.4 Å². The van der Waals surface area contributed by atoms with E-state index < -0.39 is 0 Å². The zero-order valence-corrected chi connectivity index (χ0v) is 17.6. The number of amides is 1. The van der Waals surface area contributed by atoms with Crippen molar-refractivity contribution in [3.63, 3.8) is 0 Å². The highest BCUT2D eigenvalue weighted by Crippen LogP contribution is 2.23. The molecule has 6 nitrogen and oxygen atoms in total. The highest BCUT2D eigenvalue weighted by Gasteiger charge is 2.11. The maximum Gasteiger partial charge on any atom is 0.234 e. The predicted octanol–water partition coefficient (Wildman–Crippen LogP) is 4.57. The zero-order chi connectivity index (χ0) is 21.5. The molecule has 0 radical (unpaired) electrons. The second-order valence-corrected chi connectivity index (χ2v) is 7.76. The number of carbonyl (C=O) groups excluding carboxylic acids is 1. The molecule has 0 atom stereocenters.